The van der Waals surface area contributed by atoms with Gasteiger partial charge in [-0.15, -0.1) is 11.3 Å². The van der Waals surface area contributed by atoms with Gasteiger partial charge in [0.25, 0.3) is 11.8 Å². The van der Waals surface area contributed by atoms with E-state index in [1.165, 1.54) is 25.6 Å². The van der Waals surface area contributed by atoms with E-state index in [1.54, 1.807) is 36.4 Å². The number of benzene rings is 2. The molecule has 2 amide bonds. The van der Waals surface area contributed by atoms with Crippen molar-refractivity contribution in [2.24, 2.45) is 0 Å². The average Bonchev–Trinajstić information content (AvgIpc) is 3.28. The first-order valence-electron chi connectivity index (χ1n) is 11.2. The summed E-state index contributed by atoms with van der Waals surface area (Å²) in [5.41, 5.74) is 2.66. The van der Waals surface area contributed by atoms with Crippen LogP contribution in [0.2, 0.25) is 0 Å². The van der Waals surface area contributed by atoms with Gasteiger partial charge in [0.15, 0.2) is 16.6 Å². The highest BCUT2D eigenvalue weighted by Crippen LogP contribution is 2.29. The van der Waals surface area contributed by atoms with Gasteiger partial charge in [-0.2, -0.15) is 0 Å². The predicted molar refractivity (Wildman–Crippen MR) is 132 cm³/mol. The number of aromatic nitrogens is 1. The van der Waals surface area contributed by atoms with Gasteiger partial charge in [-0.1, -0.05) is 12.1 Å². The molecule has 3 aromatic rings. The van der Waals surface area contributed by atoms with Crippen molar-refractivity contribution in [3.8, 4) is 11.5 Å². The minimum Gasteiger partial charge on any atom is -0.493 e. The van der Waals surface area contributed by atoms with Crippen LogP contribution < -0.4 is 20.1 Å². The van der Waals surface area contributed by atoms with Crippen molar-refractivity contribution in [2.75, 3.05) is 39.3 Å². The molecule has 0 saturated carbocycles. The van der Waals surface area contributed by atoms with E-state index in [0.717, 1.165) is 29.1 Å². The lowest BCUT2D eigenvalue weighted by molar-refractivity contribution is 0.0950. The average molecular weight is 499 g/mol. The molecule has 0 bridgehead atoms. The quantitative estimate of drug-likeness (QED) is 0.468. The third-order valence-electron chi connectivity index (χ3n) is 5.72. The van der Waals surface area contributed by atoms with E-state index in [2.05, 4.69) is 15.6 Å². The Kier molecular flexibility index (Phi) is 7.94. The van der Waals surface area contributed by atoms with Crippen molar-refractivity contribution in [1.82, 2.24) is 15.2 Å². The largest absolute Gasteiger partial charge is 0.493 e. The van der Waals surface area contributed by atoms with Crippen molar-refractivity contribution in [3.63, 3.8) is 0 Å². The number of nitrogens with zero attached hydrogens (tertiary/aromatic N) is 2. The number of carbonyl (C=O) groups is 2. The van der Waals surface area contributed by atoms with E-state index in [0.29, 0.717) is 40.8 Å². The molecule has 1 aliphatic heterocycles. The van der Waals surface area contributed by atoms with Crippen molar-refractivity contribution in [2.45, 2.75) is 19.5 Å². The number of hydrogen-bond acceptors (Lipinski definition) is 7. The van der Waals surface area contributed by atoms with E-state index in [4.69, 9.17) is 9.47 Å². The van der Waals surface area contributed by atoms with Gasteiger partial charge in [-0.05, 0) is 35.9 Å². The zero-order valence-corrected chi connectivity index (χ0v) is 20.4. The van der Waals surface area contributed by atoms with Gasteiger partial charge in [0, 0.05) is 48.6 Å². The van der Waals surface area contributed by atoms with Crippen molar-refractivity contribution < 1.29 is 23.5 Å². The molecule has 35 heavy (non-hydrogen) atoms. The minimum atomic E-state index is -0.372. The van der Waals surface area contributed by atoms with Gasteiger partial charge in [0.2, 0.25) is 0 Å². The molecule has 2 aromatic carbocycles. The molecule has 0 saturated heterocycles. The van der Waals surface area contributed by atoms with E-state index in [-0.39, 0.29) is 25.0 Å². The summed E-state index contributed by atoms with van der Waals surface area (Å²) in [5, 5.41) is 6.26. The first-order valence-corrected chi connectivity index (χ1v) is 12.0. The topological polar surface area (TPSA) is 92.8 Å². The van der Waals surface area contributed by atoms with Crippen LogP contribution >= 0.6 is 11.3 Å². The number of anilines is 1. The third-order valence-corrected chi connectivity index (χ3v) is 6.72. The minimum absolute atomic E-state index is 0.254. The monoisotopic (exact) mass is 498 g/mol. The molecular weight excluding hydrogens is 471 g/mol. The first-order chi connectivity index (χ1) is 17.0. The zero-order chi connectivity index (χ0) is 24.8. The number of thiazole rings is 1. The number of carbonyl (C=O) groups excluding carboxylic acids is 2. The summed E-state index contributed by atoms with van der Waals surface area (Å²) in [5.74, 6) is 0.472. The van der Waals surface area contributed by atoms with E-state index in [1.807, 2.05) is 11.0 Å². The summed E-state index contributed by atoms with van der Waals surface area (Å²) in [6.07, 6.45) is 0.747. The molecule has 0 atom stereocenters. The fourth-order valence-corrected chi connectivity index (χ4v) is 4.91. The summed E-state index contributed by atoms with van der Waals surface area (Å²) in [6.45, 7) is 1.72. The van der Waals surface area contributed by atoms with Crippen LogP contribution in [0, 0.1) is 0 Å². The summed E-state index contributed by atoms with van der Waals surface area (Å²) in [7, 11) is 3.05. The van der Waals surface area contributed by atoms with Crippen LogP contribution in [-0.4, -0.2) is 55.7 Å². The molecule has 0 fully saturated rings. The molecule has 0 radical (unpaired) electrons. The molecule has 0 aliphatic carbocycles. The van der Waals surface area contributed by atoms with Crippen molar-refractivity contribution in [3.05, 3.63) is 69.7 Å². The van der Waals surface area contributed by atoms with Gasteiger partial charge in [-0.25, -0.2) is 9.37 Å². The SMILES string of the molecule is COc1ccc(C(=O)NCc2cccc(C(=O)Nc3nc4c(s3)CN(CCF)CC4)c2)cc1OC. The molecule has 1 aromatic heterocycles. The van der Waals surface area contributed by atoms with Crippen LogP contribution in [0.4, 0.5) is 9.52 Å². The van der Waals surface area contributed by atoms with Crippen molar-refractivity contribution >= 4 is 28.3 Å². The van der Waals surface area contributed by atoms with Gasteiger partial charge < -0.3 is 14.8 Å². The van der Waals surface area contributed by atoms with Gasteiger partial charge >= 0.3 is 0 Å². The number of rotatable bonds is 9. The summed E-state index contributed by atoms with van der Waals surface area (Å²) < 4.78 is 23.1. The number of amides is 2. The summed E-state index contributed by atoms with van der Waals surface area (Å²) >= 11 is 1.43. The Morgan fingerprint density at radius 1 is 1.09 bits per heavy atom. The lowest BCUT2D eigenvalue weighted by Crippen LogP contribution is -2.31. The molecule has 2 N–H and O–H groups in total. The fourth-order valence-electron chi connectivity index (χ4n) is 3.87. The first kappa shape index (κ1) is 24.6. The highest BCUT2D eigenvalue weighted by Gasteiger charge is 2.21. The summed E-state index contributed by atoms with van der Waals surface area (Å²) in [6, 6.07) is 12.0. The third kappa shape index (κ3) is 5.95. The summed E-state index contributed by atoms with van der Waals surface area (Å²) in [4.78, 5) is 33.1. The van der Waals surface area contributed by atoms with Crippen LogP contribution in [0.15, 0.2) is 42.5 Å². The second-order valence-electron chi connectivity index (χ2n) is 8.01. The number of methoxy groups -OCH3 is 2. The predicted octanol–water partition coefficient (Wildman–Crippen LogP) is 3.67. The van der Waals surface area contributed by atoms with Gasteiger partial charge in [0.05, 0.1) is 19.9 Å². The molecule has 1 aliphatic rings. The second-order valence-corrected chi connectivity index (χ2v) is 9.09. The zero-order valence-electron chi connectivity index (χ0n) is 19.6. The standard InChI is InChI=1S/C25H27FN4O4S/c1-33-20-7-6-18(13-21(20)34-2)23(31)27-14-16-4-3-5-17(12-16)24(32)29-25-28-19-8-10-30(11-9-26)15-22(19)35-25/h3-7,12-13H,8-11,14-15H2,1-2H3,(H,27,31)(H,28,29,32). The highest BCUT2D eigenvalue weighted by atomic mass is 32.1. The van der Waals surface area contributed by atoms with Crippen LogP contribution in [0.25, 0.3) is 0 Å². The maximum atomic E-state index is 12.8. The van der Waals surface area contributed by atoms with Gasteiger partial charge in [0.1, 0.15) is 6.67 Å². The van der Waals surface area contributed by atoms with Crippen molar-refractivity contribution in [1.29, 1.82) is 0 Å². The Morgan fingerprint density at radius 3 is 2.66 bits per heavy atom. The smallest absolute Gasteiger partial charge is 0.257 e. The number of fused-ring (bicyclic) bond motifs is 1. The number of hydrogen-bond donors (Lipinski definition) is 2. The molecule has 0 spiro atoms. The normalized spacial score (nSPS) is 13.1. The van der Waals surface area contributed by atoms with Crippen LogP contribution in [0.5, 0.6) is 11.5 Å². The lowest BCUT2D eigenvalue weighted by atomic mass is 10.1. The molecule has 4 rings (SSSR count). The molecule has 2 heterocycles. The Balaban J connectivity index is 1.37. The molecular formula is C25H27FN4O4S. The van der Waals surface area contributed by atoms with E-state index >= 15 is 0 Å². The molecule has 8 nitrogen and oxygen atoms in total. The lowest BCUT2D eigenvalue weighted by Gasteiger charge is -2.24. The second kappa shape index (κ2) is 11.3. The molecule has 0 unspecified atom stereocenters. The maximum absolute atomic E-state index is 12.8. The molecule has 10 heteroatoms. The Hall–Kier alpha value is -3.50. The Labute approximate surface area is 207 Å². The van der Waals surface area contributed by atoms with Crippen LogP contribution in [0.3, 0.4) is 0 Å². The van der Waals surface area contributed by atoms with Crippen LogP contribution in [0.1, 0.15) is 36.9 Å². The van der Waals surface area contributed by atoms with Gasteiger partial charge in [-0.3, -0.25) is 19.8 Å². The maximum Gasteiger partial charge on any atom is 0.257 e. The molecule has 184 valence electrons. The number of alkyl halides is 1. The highest BCUT2D eigenvalue weighted by molar-refractivity contribution is 7.15. The number of nitrogens with one attached hydrogen (secondary N) is 2. The van der Waals surface area contributed by atoms with Crippen LogP contribution in [-0.2, 0) is 19.5 Å². The Bertz CT molecular complexity index is 1220. The fraction of sp³-hybridized carbons (Fsp3) is 0.320. The van der Waals surface area contributed by atoms with E-state index < -0.39 is 0 Å². The number of ether oxygens (including phenoxy) is 2. The Morgan fingerprint density at radius 2 is 1.89 bits per heavy atom. The number of halogens is 1. The van der Waals surface area contributed by atoms with E-state index in [9.17, 15) is 14.0 Å².